The third kappa shape index (κ3) is 7.56. The van der Waals surface area contributed by atoms with Crippen molar-refractivity contribution in [1.82, 2.24) is 14.5 Å². The van der Waals surface area contributed by atoms with Gasteiger partial charge in [-0.05, 0) is 49.4 Å². The van der Waals surface area contributed by atoms with Crippen molar-refractivity contribution >= 4 is 40.1 Å². The van der Waals surface area contributed by atoms with Crippen LogP contribution in [0.5, 0.6) is 0 Å². The third-order valence-corrected chi connectivity index (χ3v) is 5.93. The molecule has 190 valence electrons. The van der Waals surface area contributed by atoms with Crippen LogP contribution >= 0.6 is 11.6 Å². The Morgan fingerprint density at radius 1 is 0.889 bits per heavy atom. The number of hydrogen-bond acceptors (Lipinski definition) is 6. The Balaban J connectivity index is 0.000000392. The first-order valence-corrected chi connectivity index (χ1v) is 11.7. The molecule has 2 aromatic carbocycles. The van der Waals surface area contributed by atoms with E-state index in [9.17, 15) is 19.2 Å². The van der Waals surface area contributed by atoms with Gasteiger partial charge in [0.15, 0.2) is 0 Å². The van der Waals surface area contributed by atoms with Gasteiger partial charge >= 0.3 is 17.6 Å². The van der Waals surface area contributed by atoms with Crippen LogP contribution in [0.2, 0.25) is 5.02 Å². The van der Waals surface area contributed by atoms with Gasteiger partial charge in [-0.2, -0.15) is 0 Å². The summed E-state index contributed by atoms with van der Waals surface area (Å²) < 4.78 is 1.31. The highest BCUT2D eigenvalue weighted by Crippen LogP contribution is 2.19. The number of benzene rings is 2. The second-order valence-electron chi connectivity index (χ2n) is 8.10. The largest absolute Gasteiger partial charge is 0.478 e. The number of piperazine rings is 1. The second-order valence-corrected chi connectivity index (χ2v) is 8.54. The molecule has 36 heavy (non-hydrogen) atoms. The molecule has 3 aromatic rings. The summed E-state index contributed by atoms with van der Waals surface area (Å²) in [5, 5.41) is 16.9. The topological polar surface area (TPSA) is 136 Å². The van der Waals surface area contributed by atoms with Crippen LogP contribution in [-0.4, -0.2) is 69.3 Å². The monoisotopic (exact) mass is 514 g/mol. The van der Waals surface area contributed by atoms with Gasteiger partial charge in [-0.25, -0.2) is 14.4 Å². The molecule has 2 heterocycles. The number of aliphatic carboxylic acids is 2. The molecule has 1 aliphatic rings. The summed E-state index contributed by atoms with van der Waals surface area (Å²) in [6.07, 6.45) is 1.88. The van der Waals surface area contributed by atoms with E-state index in [0.29, 0.717) is 29.6 Å². The Hall–Kier alpha value is -3.89. The number of para-hydroxylation sites is 1. The number of anilines is 1. The Kier molecular flexibility index (Phi) is 9.43. The summed E-state index contributed by atoms with van der Waals surface area (Å²) in [4.78, 5) is 51.4. The number of aromatic nitrogens is 2. The summed E-state index contributed by atoms with van der Waals surface area (Å²) in [5.41, 5.74) is 1.23. The molecule has 0 bridgehead atoms. The van der Waals surface area contributed by atoms with E-state index in [2.05, 4.69) is 26.9 Å². The van der Waals surface area contributed by atoms with E-state index in [4.69, 9.17) is 21.8 Å². The van der Waals surface area contributed by atoms with E-state index in [1.165, 1.54) is 10.3 Å². The number of rotatable bonds is 7. The molecule has 0 unspecified atom stereocenters. The lowest BCUT2D eigenvalue weighted by atomic mass is 10.2. The highest BCUT2D eigenvalue weighted by molar-refractivity contribution is 6.30. The van der Waals surface area contributed by atoms with Gasteiger partial charge < -0.3 is 20.1 Å². The Bertz CT molecular complexity index is 1330. The van der Waals surface area contributed by atoms with Gasteiger partial charge in [0.1, 0.15) is 0 Å². The fourth-order valence-corrected chi connectivity index (χ4v) is 4.00. The lowest BCUT2D eigenvalue weighted by Crippen LogP contribution is -2.47. The van der Waals surface area contributed by atoms with Crippen molar-refractivity contribution in [3.63, 3.8) is 0 Å². The SMILES string of the molecule is O=C(O)C=CC(=O)O.O=c1[nH]c2ccccc2c(=O)n1CCCN1CCN(c2ccc(Cl)cc2)CC1. The van der Waals surface area contributed by atoms with Gasteiger partial charge in [0.25, 0.3) is 5.56 Å². The number of carbonyl (C=O) groups is 2. The lowest BCUT2D eigenvalue weighted by molar-refractivity contribution is -0.134. The smallest absolute Gasteiger partial charge is 0.328 e. The van der Waals surface area contributed by atoms with Crippen LogP contribution in [0, 0.1) is 0 Å². The van der Waals surface area contributed by atoms with Gasteiger partial charge in [0.05, 0.1) is 10.9 Å². The first-order chi connectivity index (χ1) is 17.2. The van der Waals surface area contributed by atoms with Crippen LogP contribution in [0.15, 0.2) is 70.3 Å². The zero-order valence-corrected chi connectivity index (χ0v) is 20.2. The number of carboxylic acid groups (broad SMARTS) is 2. The third-order valence-electron chi connectivity index (χ3n) is 5.68. The van der Waals surface area contributed by atoms with Crippen molar-refractivity contribution in [1.29, 1.82) is 0 Å². The first-order valence-electron chi connectivity index (χ1n) is 11.3. The van der Waals surface area contributed by atoms with E-state index in [1.807, 2.05) is 24.3 Å². The van der Waals surface area contributed by atoms with Crippen LogP contribution < -0.4 is 16.1 Å². The van der Waals surface area contributed by atoms with E-state index < -0.39 is 11.9 Å². The predicted molar refractivity (Wildman–Crippen MR) is 138 cm³/mol. The normalized spacial score (nSPS) is 14.0. The highest BCUT2D eigenvalue weighted by Gasteiger charge is 2.17. The number of H-pyrrole nitrogens is 1. The molecule has 0 spiro atoms. The van der Waals surface area contributed by atoms with Crippen molar-refractivity contribution in [3.8, 4) is 0 Å². The maximum Gasteiger partial charge on any atom is 0.328 e. The average Bonchev–Trinajstić information content (AvgIpc) is 2.86. The maximum atomic E-state index is 12.6. The Morgan fingerprint density at radius 2 is 1.50 bits per heavy atom. The molecule has 1 aromatic heterocycles. The van der Waals surface area contributed by atoms with Gasteiger partial charge in [0, 0.05) is 55.6 Å². The predicted octanol–water partition coefficient (Wildman–Crippen LogP) is 2.27. The van der Waals surface area contributed by atoms with Crippen molar-refractivity contribution in [2.45, 2.75) is 13.0 Å². The minimum absolute atomic E-state index is 0.216. The summed E-state index contributed by atoms with van der Waals surface area (Å²) in [5.74, 6) is -2.51. The zero-order valence-electron chi connectivity index (χ0n) is 19.5. The van der Waals surface area contributed by atoms with Crippen LogP contribution in [0.1, 0.15) is 6.42 Å². The number of aromatic amines is 1. The molecule has 10 nitrogen and oxygen atoms in total. The minimum atomic E-state index is -1.26. The standard InChI is InChI=1S/C21H23ClN4O2.C4H4O4/c22-16-6-8-17(9-7-16)25-14-12-24(13-15-25)10-3-11-26-20(27)18-4-1-2-5-19(18)23-21(26)28;5-3(6)1-2-4(7)8/h1-2,4-9H,3,10-15H2,(H,23,28);1-2H,(H,5,6)(H,7,8). The van der Waals surface area contributed by atoms with Gasteiger partial charge in [-0.15, -0.1) is 0 Å². The highest BCUT2D eigenvalue weighted by atomic mass is 35.5. The molecule has 1 aliphatic heterocycles. The molecule has 4 rings (SSSR count). The molecule has 1 fully saturated rings. The van der Waals surface area contributed by atoms with Crippen molar-refractivity contribution in [3.05, 3.63) is 86.5 Å². The summed E-state index contributed by atoms with van der Waals surface area (Å²) in [6, 6.07) is 15.1. The van der Waals surface area contributed by atoms with E-state index in [1.54, 1.807) is 12.1 Å². The summed E-state index contributed by atoms with van der Waals surface area (Å²) >= 11 is 5.96. The second kappa shape index (κ2) is 12.7. The molecule has 1 saturated heterocycles. The summed E-state index contributed by atoms with van der Waals surface area (Å²) in [6.45, 7) is 5.14. The molecule has 0 amide bonds. The molecule has 11 heteroatoms. The van der Waals surface area contributed by atoms with E-state index >= 15 is 0 Å². The first kappa shape index (κ1) is 26.7. The van der Waals surface area contributed by atoms with E-state index in [-0.39, 0.29) is 11.2 Å². The number of fused-ring (bicyclic) bond motifs is 1. The number of nitrogens with one attached hydrogen (secondary N) is 1. The molecule has 3 N–H and O–H groups in total. The van der Waals surface area contributed by atoms with Crippen molar-refractivity contribution < 1.29 is 19.8 Å². The lowest BCUT2D eigenvalue weighted by Gasteiger charge is -2.36. The van der Waals surface area contributed by atoms with E-state index in [0.717, 1.165) is 44.2 Å². The number of halogens is 1. The minimum Gasteiger partial charge on any atom is -0.478 e. The average molecular weight is 515 g/mol. The molecule has 0 saturated carbocycles. The molecule has 0 radical (unpaired) electrons. The van der Waals surface area contributed by atoms with Crippen LogP contribution in [0.25, 0.3) is 10.9 Å². The van der Waals surface area contributed by atoms with Crippen LogP contribution in [0.4, 0.5) is 5.69 Å². The quantitative estimate of drug-likeness (QED) is 0.408. The van der Waals surface area contributed by atoms with Gasteiger partial charge in [-0.1, -0.05) is 23.7 Å². The van der Waals surface area contributed by atoms with Gasteiger partial charge in [-0.3, -0.25) is 14.3 Å². The molecular formula is C25H27ClN4O6. The van der Waals surface area contributed by atoms with Crippen LogP contribution in [0.3, 0.4) is 0 Å². The maximum absolute atomic E-state index is 12.6. The fourth-order valence-electron chi connectivity index (χ4n) is 3.88. The Morgan fingerprint density at radius 3 is 2.11 bits per heavy atom. The molecular weight excluding hydrogens is 488 g/mol. The summed E-state index contributed by atoms with van der Waals surface area (Å²) in [7, 11) is 0. The number of nitrogens with zero attached hydrogens (tertiary/aromatic N) is 3. The van der Waals surface area contributed by atoms with Gasteiger partial charge in [0.2, 0.25) is 0 Å². The Labute approximate surface area is 211 Å². The van der Waals surface area contributed by atoms with Crippen LogP contribution in [-0.2, 0) is 16.1 Å². The zero-order chi connectivity index (χ0) is 26.1. The fraction of sp³-hybridized carbons (Fsp3) is 0.280. The molecule has 0 aliphatic carbocycles. The number of hydrogen-bond donors (Lipinski definition) is 3. The van der Waals surface area contributed by atoms with Crippen molar-refractivity contribution in [2.75, 3.05) is 37.6 Å². The van der Waals surface area contributed by atoms with Crippen molar-refractivity contribution in [2.24, 2.45) is 0 Å². The number of carboxylic acids is 2. The molecule has 0 atom stereocenters.